The zero-order valence-corrected chi connectivity index (χ0v) is 12.8. The van der Waals surface area contributed by atoms with Gasteiger partial charge in [0, 0.05) is 9.75 Å². The normalized spacial score (nSPS) is 12.8. The predicted octanol–water partition coefficient (Wildman–Crippen LogP) is 2.97. The Balaban J connectivity index is 2.30. The molecule has 0 bridgehead atoms. The Morgan fingerprint density at radius 3 is 2.55 bits per heavy atom. The molecule has 2 aromatic rings. The molecule has 20 heavy (non-hydrogen) atoms. The minimum atomic E-state index is -3.71. The van der Waals surface area contributed by atoms with Crippen molar-refractivity contribution in [2.75, 3.05) is 0 Å². The van der Waals surface area contributed by atoms with Crippen LogP contribution in [0.1, 0.15) is 28.3 Å². The van der Waals surface area contributed by atoms with E-state index in [4.69, 9.17) is 5.26 Å². The second-order valence-corrected chi connectivity index (χ2v) is 7.40. The van der Waals surface area contributed by atoms with Gasteiger partial charge in [-0.3, -0.25) is 0 Å². The highest BCUT2D eigenvalue weighted by Gasteiger charge is 2.21. The smallest absolute Gasteiger partial charge is 0.207 e. The van der Waals surface area contributed by atoms with Gasteiger partial charge in [-0.05, 0) is 38.1 Å². The highest BCUT2D eigenvalue weighted by Crippen LogP contribution is 2.24. The molecule has 0 aliphatic heterocycles. The lowest BCUT2D eigenvalue weighted by Crippen LogP contribution is -2.27. The van der Waals surface area contributed by atoms with Gasteiger partial charge < -0.3 is 0 Å². The van der Waals surface area contributed by atoms with Crippen LogP contribution >= 0.6 is 11.3 Å². The summed E-state index contributed by atoms with van der Waals surface area (Å²) in [4.78, 5) is 2.09. The van der Waals surface area contributed by atoms with E-state index < -0.39 is 10.0 Å². The van der Waals surface area contributed by atoms with Gasteiger partial charge >= 0.3 is 0 Å². The Hall–Kier alpha value is -1.68. The molecule has 0 amide bonds. The molecule has 1 atom stereocenters. The van der Waals surface area contributed by atoms with Crippen LogP contribution in [0, 0.1) is 18.3 Å². The number of hydrogen-bond donors (Lipinski definition) is 1. The fraction of sp³-hybridized carbons (Fsp3) is 0.214. The average Bonchev–Trinajstić information content (AvgIpc) is 2.85. The molecule has 1 unspecified atom stereocenters. The van der Waals surface area contributed by atoms with Crippen LogP contribution in [0.15, 0.2) is 41.3 Å². The van der Waals surface area contributed by atoms with Crippen molar-refractivity contribution >= 4 is 21.4 Å². The number of nitrogens with zero attached hydrogens (tertiary/aromatic N) is 1. The molecule has 0 saturated carbocycles. The Morgan fingerprint density at radius 1 is 1.25 bits per heavy atom. The van der Waals surface area contributed by atoms with E-state index in [0.29, 0.717) is 0 Å². The topological polar surface area (TPSA) is 70.0 Å². The van der Waals surface area contributed by atoms with Gasteiger partial charge in [0.25, 0.3) is 0 Å². The molecule has 104 valence electrons. The number of sulfonamides is 1. The third-order valence-corrected chi connectivity index (χ3v) is 5.60. The summed E-state index contributed by atoms with van der Waals surface area (Å²) in [7, 11) is -3.71. The lowest BCUT2D eigenvalue weighted by atomic mass is 10.2. The molecule has 1 N–H and O–H groups in total. The van der Waals surface area contributed by atoms with Gasteiger partial charge in [0.2, 0.25) is 10.0 Å². The third kappa shape index (κ3) is 3.07. The standard InChI is InChI=1S/C14H14N2O2S2/c1-10-7-8-13(19-10)11(2)16-20(17,18)14-6-4-3-5-12(14)9-15/h3-8,11,16H,1-2H3. The Bertz CT molecular complexity index is 757. The maximum atomic E-state index is 12.3. The summed E-state index contributed by atoms with van der Waals surface area (Å²) in [6.45, 7) is 3.76. The first-order valence-electron chi connectivity index (χ1n) is 6.02. The van der Waals surface area contributed by atoms with Gasteiger partial charge in [0.05, 0.1) is 16.5 Å². The summed E-state index contributed by atoms with van der Waals surface area (Å²) in [5.74, 6) is 0. The van der Waals surface area contributed by atoms with Crippen LogP contribution in [0.25, 0.3) is 0 Å². The Labute approximate surface area is 122 Å². The first kappa shape index (κ1) is 14.7. The van der Waals surface area contributed by atoms with E-state index >= 15 is 0 Å². The number of benzene rings is 1. The molecule has 0 fully saturated rings. The SMILES string of the molecule is Cc1ccc(C(C)NS(=O)(=O)c2ccccc2C#N)s1. The molecular weight excluding hydrogens is 292 g/mol. The number of aryl methyl sites for hydroxylation is 1. The van der Waals surface area contributed by atoms with Gasteiger partial charge in [0.15, 0.2) is 0 Å². The van der Waals surface area contributed by atoms with Crippen molar-refractivity contribution < 1.29 is 8.42 Å². The van der Waals surface area contributed by atoms with E-state index in [1.54, 1.807) is 30.4 Å². The largest absolute Gasteiger partial charge is 0.242 e. The van der Waals surface area contributed by atoms with Gasteiger partial charge in [-0.25, -0.2) is 13.1 Å². The minimum absolute atomic E-state index is 0.0163. The van der Waals surface area contributed by atoms with Crippen LogP contribution in [-0.2, 0) is 10.0 Å². The molecule has 1 heterocycles. The van der Waals surface area contributed by atoms with E-state index in [9.17, 15) is 8.42 Å². The summed E-state index contributed by atoms with van der Waals surface area (Å²) in [6, 6.07) is 11.6. The lowest BCUT2D eigenvalue weighted by Gasteiger charge is -2.13. The predicted molar refractivity (Wildman–Crippen MR) is 78.9 cm³/mol. The average molecular weight is 306 g/mol. The van der Waals surface area contributed by atoms with Crippen molar-refractivity contribution in [3.63, 3.8) is 0 Å². The third-order valence-electron chi connectivity index (χ3n) is 2.82. The molecule has 1 aromatic heterocycles. The van der Waals surface area contributed by atoms with Crippen molar-refractivity contribution in [2.45, 2.75) is 24.8 Å². The Kier molecular flexibility index (Phi) is 4.23. The fourth-order valence-corrected chi connectivity index (χ4v) is 4.17. The zero-order chi connectivity index (χ0) is 14.8. The van der Waals surface area contributed by atoms with Crippen LogP contribution in [0.2, 0.25) is 0 Å². The van der Waals surface area contributed by atoms with E-state index in [-0.39, 0.29) is 16.5 Å². The lowest BCUT2D eigenvalue weighted by molar-refractivity contribution is 0.568. The van der Waals surface area contributed by atoms with E-state index in [0.717, 1.165) is 9.75 Å². The van der Waals surface area contributed by atoms with Gasteiger partial charge in [-0.15, -0.1) is 11.3 Å². The molecule has 0 spiro atoms. The highest BCUT2D eigenvalue weighted by atomic mass is 32.2. The molecule has 0 aliphatic carbocycles. The molecule has 2 rings (SSSR count). The van der Waals surface area contributed by atoms with Crippen LogP contribution in [0.3, 0.4) is 0 Å². The molecular formula is C14H14N2O2S2. The number of nitriles is 1. The van der Waals surface area contributed by atoms with Gasteiger partial charge in [-0.1, -0.05) is 12.1 Å². The summed E-state index contributed by atoms with van der Waals surface area (Å²) in [5, 5.41) is 9.00. The molecule has 6 heteroatoms. The van der Waals surface area contributed by atoms with Crippen molar-refractivity contribution in [3.05, 3.63) is 51.7 Å². The van der Waals surface area contributed by atoms with Crippen LogP contribution in [0.5, 0.6) is 0 Å². The van der Waals surface area contributed by atoms with Crippen LogP contribution in [0.4, 0.5) is 0 Å². The van der Waals surface area contributed by atoms with Crippen molar-refractivity contribution in [3.8, 4) is 6.07 Å². The molecule has 0 radical (unpaired) electrons. The second-order valence-electron chi connectivity index (χ2n) is 4.40. The molecule has 4 nitrogen and oxygen atoms in total. The summed E-state index contributed by atoms with van der Waals surface area (Å²) >= 11 is 1.55. The summed E-state index contributed by atoms with van der Waals surface area (Å²) < 4.78 is 27.3. The molecule has 0 aliphatic rings. The highest BCUT2D eigenvalue weighted by molar-refractivity contribution is 7.89. The maximum absolute atomic E-state index is 12.3. The number of nitrogens with one attached hydrogen (secondary N) is 1. The van der Waals surface area contributed by atoms with Crippen LogP contribution < -0.4 is 4.72 Å². The minimum Gasteiger partial charge on any atom is -0.207 e. The van der Waals surface area contributed by atoms with Crippen molar-refractivity contribution in [2.24, 2.45) is 0 Å². The molecule has 0 saturated heterocycles. The van der Waals surface area contributed by atoms with E-state index in [2.05, 4.69) is 4.72 Å². The maximum Gasteiger partial charge on any atom is 0.242 e. The van der Waals surface area contributed by atoms with Gasteiger partial charge in [0.1, 0.15) is 6.07 Å². The van der Waals surface area contributed by atoms with E-state index in [1.807, 2.05) is 25.1 Å². The fourth-order valence-electron chi connectivity index (χ4n) is 1.83. The van der Waals surface area contributed by atoms with Crippen molar-refractivity contribution in [1.29, 1.82) is 5.26 Å². The summed E-state index contributed by atoms with van der Waals surface area (Å²) in [5.41, 5.74) is 0.148. The number of rotatable bonds is 4. The summed E-state index contributed by atoms with van der Waals surface area (Å²) in [6.07, 6.45) is 0. The van der Waals surface area contributed by atoms with Gasteiger partial charge in [-0.2, -0.15) is 5.26 Å². The van der Waals surface area contributed by atoms with Crippen LogP contribution in [-0.4, -0.2) is 8.42 Å². The number of hydrogen-bond acceptors (Lipinski definition) is 4. The first-order valence-corrected chi connectivity index (χ1v) is 8.32. The second kappa shape index (κ2) is 5.75. The monoisotopic (exact) mass is 306 g/mol. The first-order chi connectivity index (χ1) is 9.44. The quantitative estimate of drug-likeness (QED) is 0.944. The number of thiophene rings is 1. The molecule has 1 aromatic carbocycles. The zero-order valence-electron chi connectivity index (χ0n) is 11.1. The van der Waals surface area contributed by atoms with E-state index in [1.165, 1.54) is 12.1 Å². The van der Waals surface area contributed by atoms with Crippen molar-refractivity contribution in [1.82, 2.24) is 4.72 Å². The Morgan fingerprint density at radius 2 is 1.95 bits per heavy atom.